The van der Waals surface area contributed by atoms with Crippen molar-refractivity contribution in [2.24, 2.45) is 0 Å². The van der Waals surface area contributed by atoms with Crippen LogP contribution in [0, 0.1) is 0 Å². The van der Waals surface area contributed by atoms with Crippen molar-refractivity contribution in [2.75, 3.05) is 13.2 Å². The Morgan fingerprint density at radius 3 is 2.04 bits per heavy atom. The Labute approximate surface area is 148 Å². The van der Waals surface area contributed by atoms with Crippen molar-refractivity contribution in [3.05, 3.63) is 0 Å². The molecule has 12 nitrogen and oxygen atoms in total. The van der Waals surface area contributed by atoms with Gasteiger partial charge in [0.25, 0.3) is 0 Å². The van der Waals surface area contributed by atoms with Gasteiger partial charge in [-0.2, -0.15) is 0 Å². The van der Waals surface area contributed by atoms with Gasteiger partial charge in [-0.3, -0.25) is 9.59 Å². The molecule has 0 aromatic carbocycles. The van der Waals surface area contributed by atoms with Gasteiger partial charge in [-0.05, 0) is 0 Å². The fourth-order valence-corrected chi connectivity index (χ4v) is 2.59. The first-order chi connectivity index (χ1) is 12.1. The second-order valence-electron chi connectivity index (χ2n) is 6.06. The number of carbonyl (C=O) groups excluding carboxylic acids is 2. The van der Waals surface area contributed by atoms with E-state index >= 15 is 0 Å². The molecule has 0 spiro atoms. The number of Topliss-reactive ketones (excluding diaryl/α,β-unsaturated/α-hetero) is 1. The lowest BCUT2D eigenvalue weighted by Crippen LogP contribution is -2.65. The summed E-state index contributed by atoms with van der Waals surface area (Å²) >= 11 is 0. The van der Waals surface area contributed by atoms with E-state index in [9.17, 15) is 40.2 Å². The van der Waals surface area contributed by atoms with E-state index in [1.54, 1.807) is 0 Å². The molecular formula is C14H25NO11. The third kappa shape index (κ3) is 4.94. The van der Waals surface area contributed by atoms with Gasteiger partial charge in [-0.15, -0.1) is 0 Å². The largest absolute Gasteiger partial charge is 0.394 e. The Kier molecular flexibility index (Phi) is 8.46. The second kappa shape index (κ2) is 9.64. The molecule has 0 aromatic rings. The number of rotatable bonds is 8. The van der Waals surface area contributed by atoms with E-state index in [0.717, 1.165) is 6.92 Å². The summed E-state index contributed by atoms with van der Waals surface area (Å²) in [5.41, 5.74) is 0. The fraction of sp³-hybridized carbons (Fsp3) is 0.857. The van der Waals surface area contributed by atoms with Crippen LogP contribution in [0.4, 0.5) is 0 Å². The van der Waals surface area contributed by atoms with E-state index in [0.29, 0.717) is 0 Å². The lowest BCUT2D eigenvalue weighted by molar-refractivity contribution is -0.228. The van der Waals surface area contributed by atoms with Gasteiger partial charge >= 0.3 is 0 Å². The molecule has 1 aliphatic rings. The highest BCUT2D eigenvalue weighted by Crippen LogP contribution is 2.23. The summed E-state index contributed by atoms with van der Waals surface area (Å²) in [6.07, 6.45) is -14.8. The summed E-state index contributed by atoms with van der Waals surface area (Å²) in [4.78, 5) is 24.0. The summed E-state index contributed by atoms with van der Waals surface area (Å²) in [5, 5.41) is 78.7. The lowest BCUT2D eigenvalue weighted by atomic mass is 9.88. The first-order valence-corrected chi connectivity index (χ1v) is 7.83. The molecule has 9 N–H and O–H groups in total. The van der Waals surface area contributed by atoms with Crippen LogP contribution in [0.1, 0.15) is 6.92 Å². The van der Waals surface area contributed by atoms with Crippen molar-refractivity contribution >= 4 is 11.7 Å². The van der Waals surface area contributed by atoms with Crippen LogP contribution in [0.2, 0.25) is 0 Å². The molecule has 0 aromatic heterocycles. The second-order valence-corrected chi connectivity index (χ2v) is 6.06. The number of ether oxygens (including phenoxy) is 1. The molecule has 1 heterocycles. The van der Waals surface area contributed by atoms with E-state index in [4.69, 9.17) is 14.9 Å². The van der Waals surface area contributed by atoms with E-state index < -0.39 is 79.8 Å². The van der Waals surface area contributed by atoms with Crippen molar-refractivity contribution in [1.82, 2.24) is 5.32 Å². The molecule has 12 heteroatoms. The molecule has 0 radical (unpaired) electrons. The van der Waals surface area contributed by atoms with Crippen molar-refractivity contribution in [3.63, 3.8) is 0 Å². The zero-order chi connectivity index (χ0) is 20.2. The quantitative estimate of drug-likeness (QED) is 0.192. The topological polar surface area (TPSA) is 217 Å². The van der Waals surface area contributed by atoms with Crippen molar-refractivity contribution in [1.29, 1.82) is 0 Å². The van der Waals surface area contributed by atoms with Crippen LogP contribution in [0.5, 0.6) is 0 Å². The number of nitrogens with one attached hydrogen (secondary N) is 1. The number of carbonyl (C=O) groups is 2. The Morgan fingerprint density at radius 2 is 1.58 bits per heavy atom. The van der Waals surface area contributed by atoms with Gasteiger partial charge in [0.1, 0.15) is 54.9 Å². The lowest BCUT2D eigenvalue weighted by Gasteiger charge is -2.41. The number of aliphatic hydroxyl groups excluding tert-OH is 8. The summed E-state index contributed by atoms with van der Waals surface area (Å²) < 4.78 is 5.06. The zero-order valence-corrected chi connectivity index (χ0v) is 13.9. The molecule has 1 fully saturated rings. The van der Waals surface area contributed by atoms with Crippen LogP contribution < -0.4 is 5.32 Å². The minimum atomic E-state index is -2.10. The number of hydrogen-bond acceptors (Lipinski definition) is 11. The minimum Gasteiger partial charge on any atom is -0.394 e. The summed E-state index contributed by atoms with van der Waals surface area (Å²) in [5.74, 6) is -1.99. The van der Waals surface area contributed by atoms with Crippen LogP contribution in [0.25, 0.3) is 0 Å². The van der Waals surface area contributed by atoms with Crippen LogP contribution >= 0.6 is 0 Å². The van der Waals surface area contributed by atoms with Gasteiger partial charge < -0.3 is 50.9 Å². The zero-order valence-electron chi connectivity index (χ0n) is 13.9. The Balaban J connectivity index is 3.09. The highest BCUT2D eigenvalue weighted by molar-refractivity contribution is 5.92. The van der Waals surface area contributed by atoms with E-state index in [-0.39, 0.29) is 0 Å². The molecule has 0 saturated carbocycles. The van der Waals surface area contributed by atoms with Crippen LogP contribution in [-0.4, -0.2) is 121 Å². The fourth-order valence-electron chi connectivity index (χ4n) is 2.59. The predicted molar refractivity (Wildman–Crippen MR) is 81.5 cm³/mol. The third-order valence-electron chi connectivity index (χ3n) is 4.11. The molecule has 152 valence electrons. The maximum atomic E-state index is 12.6. The molecule has 1 saturated heterocycles. The van der Waals surface area contributed by atoms with Gasteiger partial charge in [0.15, 0.2) is 5.78 Å². The summed E-state index contributed by atoms with van der Waals surface area (Å²) in [7, 11) is 0. The standard InChI is InChI=1S/C14H25NO11/c1-4(18)15-7(10(22)8(20)5(19)2-16)11(23)14-13(25)12(24)9(21)6(3-17)26-14/h5-10,12-14,16-17,19-22,24-25H,2-3H2,1H3,(H,15,18)/t5-,6-,7-,8+,9+,10-,12+,13-,14?/m1/s1. The highest BCUT2D eigenvalue weighted by Gasteiger charge is 2.49. The minimum absolute atomic E-state index is 0.798. The van der Waals surface area contributed by atoms with E-state index in [1.165, 1.54) is 0 Å². The van der Waals surface area contributed by atoms with Gasteiger partial charge in [0, 0.05) is 6.92 Å². The molecule has 1 unspecified atom stereocenters. The third-order valence-corrected chi connectivity index (χ3v) is 4.11. The molecule has 0 bridgehead atoms. The Morgan fingerprint density at radius 1 is 1.00 bits per heavy atom. The molecular weight excluding hydrogens is 358 g/mol. The van der Waals surface area contributed by atoms with Crippen LogP contribution in [0.3, 0.4) is 0 Å². The maximum absolute atomic E-state index is 12.6. The number of hydrogen-bond donors (Lipinski definition) is 9. The van der Waals surface area contributed by atoms with Crippen LogP contribution in [0.15, 0.2) is 0 Å². The molecule has 26 heavy (non-hydrogen) atoms. The Hall–Kier alpha value is -1.22. The molecule has 9 atom stereocenters. The SMILES string of the molecule is CC(=O)N[C@@H](C(=O)C1O[C@H](CO)[C@H](O)[C@H](O)[C@H]1O)[C@@H](O)[C@@H](O)[C@H](O)CO. The molecule has 0 aliphatic carbocycles. The predicted octanol–water partition coefficient (Wildman–Crippen LogP) is -6.02. The smallest absolute Gasteiger partial charge is 0.217 e. The summed E-state index contributed by atoms with van der Waals surface area (Å²) in [6.45, 7) is -0.748. The Bertz CT molecular complexity index is 488. The van der Waals surface area contributed by atoms with Gasteiger partial charge in [-0.1, -0.05) is 0 Å². The van der Waals surface area contributed by atoms with Crippen LogP contribution in [-0.2, 0) is 14.3 Å². The summed E-state index contributed by atoms with van der Waals surface area (Å²) in [6, 6.07) is -1.88. The monoisotopic (exact) mass is 383 g/mol. The van der Waals surface area contributed by atoms with E-state index in [2.05, 4.69) is 0 Å². The molecule has 1 amide bonds. The average Bonchev–Trinajstić information content (AvgIpc) is 2.61. The maximum Gasteiger partial charge on any atom is 0.217 e. The first kappa shape index (κ1) is 22.8. The number of ketones is 1. The first-order valence-electron chi connectivity index (χ1n) is 7.83. The van der Waals surface area contributed by atoms with Gasteiger partial charge in [0.05, 0.1) is 13.2 Å². The molecule has 1 rings (SSSR count). The highest BCUT2D eigenvalue weighted by atomic mass is 16.5. The van der Waals surface area contributed by atoms with Crippen molar-refractivity contribution in [3.8, 4) is 0 Å². The van der Waals surface area contributed by atoms with Crippen molar-refractivity contribution in [2.45, 2.75) is 61.8 Å². The number of amides is 1. The van der Waals surface area contributed by atoms with Crippen molar-refractivity contribution < 1.29 is 55.2 Å². The average molecular weight is 383 g/mol. The van der Waals surface area contributed by atoms with E-state index in [1.807, 2.05) is 5.32 Å². The molecule has 1 aliphatic heterocycles. The normalized spacial score (nSPS) is 33.8. The van der Waals surface area contributed by atoms with Gasteiger partial charge in [0.2, 0.25) is 5.91 Å². The van der Waals surface area contributed by atoms with Gasteiger partial charge in [-0.25, -0.2) is 0 Å². The number of aliphatic hydroxyl groups is 8.